The Morgan fingerprint density at radius 1 is 1.11 bits per heavy atom. The number of rotatable bonds is 3. The average Bonchev–Trinajstić information content (AvgIpc) is 2.32. The molecule has 0 spiro atoms. The maximum absolute atomic E-state index is 12.0. The lowest BCUT2D eigenvalue weighted by Gasteiger charge is -2.06. The Balaban J connectivity index is 2.27. The standard InChI is InChI=1S/C10H9BrN4O2S/c11-9-5-14-10(6-13-9)15-18(16,17)8-3-1-7(12)2-4-8/h1-6H,12H2,(H,14,15). The molecule has 0 saturated carbocycles. The van der Waals surface area contributed by atoms with Gasteiger partial charge < -0.3 is 5.73 Å². The van der Waals surface area contributed by atoms with Gasteiger partial charge in [0.2, 0.25) is 0 Å². The number of anilines is 2. The molecule has 0 aliphatic heterocycles. The number of aromatic nitrogens is 2. The zero-order chi connectivity index (χ0) is 13.2. The van der Waals surface area contributed by atoms with E-state index in [2.05, 4.69) is 30.6 Å². The van der Waals surface area contributed by atoms with Crippen LogP contribution in [0.5, 0.6) is 0 Å². The number of halogens is 1. The third kappa shape index (κ3) is 2.96. The van der Waals surface area contributed by atoms with E-state index in [4.69, 9.17) is 5.73 Å². The molecule has 0 saturated heterocycles. The van der Waals surface area contributed by atoms with E-state index in [1.54, 1.807) is 0 Å². The van der Waals surface area contributed by atoms with Gasteiger partial charge in [-0.2, -0.15) is 0 Å². The molecule has 6 nitrogen and oxygen atoms in total. The Hall–Kier alpha value is -1.67. The molecule has 1 aromatic heterocycles. The van der Waals surface area contributed by atoms with E-state index in [-0.39, 0.29) is 10.7 Å². The summed E-state index contributed by atoms with van der Waals surface area (Å²) >= 11 is 3.11. The summed E-state index contributed by atoms with van der Waals surface area (Å²) in [5.41, 5.74) is 5.99. The van der Waals surface area contributed by atoms with Crippen LogP contribution in [0.4, 0.5) is 11.5 Å². The van der Waals surface area contributed by atoms with Crippen molar-refractivity contribution in [3.8, 4) is 0 Å². The van der Waals surface area contributed by atoms with Crippen molar-refractivity contribution >= 4 is 37.5 Å². The summed E-state index contributed by atoms with van der Waals surface area (Å²) in [7, 11) is -3.67. The number of nitrogens with one attached hydrogen (secondary N) is 1. The summed E-state index contributed by atoms with van der Waals surface area (Å²) in [6, 6.07) is 5.87. The van der Waals surface area contributed by atoms with Crippen LogP contribution in [0.1, 0.15) is 0 Å². The second-order valence-corrected chi connectivity index (χ2v) is 5.89. The van der Waals surface area contributed by atoms with Crippen molar-refractivity contribution in [3.05, 3.63) is 41.3 Å². The molecule has 0 radical (unpaired) electrons. The zero-order valence-corrected chi connectivity index (χ0v) is 11.4. The summed E-state index contributed by atoms with van der Waals surface area (Å²) in [5.74, 6) is 0.148. The van der Waals surface area contributed by atoms with Crippen molar-refractivity contribution in [2.75, 3.05) is 10.5 Å². The van der Waals surface area contributed by atoms with Crippen molar-refractivity contribution in [2.45, 2.75) is 4.90 Å². The molecule has 8 heteroatoms. The molecule has 0 atom stereocenters. The molecule has 3 N–H and O–H groups in total. The minimum atomic E-state index is -3.67. The molecule has 0 unspecified atom stereocenters. The molecule has 2 rings (SSSR count). The van der Waals surface area contributed by atoms with Crippen LogP contribution in [0.2, 0.25) is 0 Å². The molecule has 94 valence electrons. The van der Waals surface area contributed by atoms with Crippen LogP contribution in [-0.2, 0) is 10.0 Å². The zero-order valence-electron chi connectivity index (χ0n) is 9.04. The molecule has 18 heavy (non-hydrogen) atoms. The van der Waals surface area contributed by atoms with Crippen molar-refractivity contribution in [2.24, 2.45) is 0 Å². The highest BCUT2D eigenvalue weighted by atomic mass is 79.9. The molecule has 1 heterocycles. The molecule has 0 aliphatic rings. The van der Waals surface area contributed by atoms with Gasteiger partial charge >= 0.3 is 0 Å². The Morgan fingerprint density at radius 2 is 1.78 bits per heavy atom. The van der Waals surface area contributed by atoms with Gasteiger partial charge in [0.15, 0.2) is 5.82 Å². The van der Waals surface area contributed by atoms with Gasteiger partial charge in [0.25, 0.3) is 10.0 Å². The van der Waals surface area contributed by atoms with Gasteiger partial charge in [-0.15, -0.1) is 0 Å². The number of sulfonamides is 1. The van der Waals surface area contributed by atoms with Gasteiger partial charge in [-0.3, -0.25) is 4.72 Å². The normalized spacial score (nSPS) is 11.2. The quantitative estimate of drug-likeness (QED) is 0.834. The lowest BCUT2D eigenvalue weighted by molar-refractivity contribution is 0.601. The lowest BCUT2D eigenvalue weighted by Crippen LogP contribution is -2.14. The van der Waals surface area contributed by atoms with Crippen molar-refractivity contribution in [1.82, 2.24) is 9.97 Å². The molecule has 2 aromatic rings. The van der Waals surface area contributed by atoms with Crippen LogP contribution in [-0.4, -0.2) is 18.4 Å². The van der Waals surface area contributed by atoms with Crippen LogP contribution in [0, 0.1) is 0 Å². The van der Waals surface area contributed by atoms with Crippen molar-refractivity contribution in [1.29, 1.82) is 0 Å². The van der Waals surface area contributed by atoms with E-state index in [9.17, 15) is 8.42 Å². The maximum Gasteiger partial charge on any atom is 0.263 e. The van der Waals surface area contributed by atoms with Gasteiger partial charge in [-0.1, -0.05) is 0 Å². The minimum Gasteiger partial charge on any atom is -0.399 e. The first-order valence-corrected chi connectivity index (χ1v) is 7.11. The first kappa shape index (κ1) is 12.8. The van der Waals surface area contributed by atoms with E-state index in [0.29, 0.717) is 10.3 Å². The second-order valence-electron chi connectivity index (χ2n) is 3.40. The van der Waals surface area contributed by atoms with Gasteiger partial charge in [-0.05, 0) is 40.2 Å². The smallest absolute Gasteiger partial charge is 0.263 e. The fourth-order valence-electron chi connectivity index (χ4n) is 1.21. The third-order valence-electron chi connectivity index (χ3n) is 2.05. The molecule has 1 aromatic carbocycles. The molecular formula is C10H9BrN4O2S. The predicted octanol–water partition coefficient (Wildman–Crippen LogP) is 1.62. The Kier molecular flexibility index (Phi) is 3.48. The topological polar surface area (TPSA) is 98.0 Å². The molecule has 0 bridgehead atoms. The van der Waals surface area contributed by atoms with Gasteiger partial charge in [0, 0.05) is 5.69 Å². The van der Waals surface area contributed by atoms with Crippen LogP contribution < -0.4 is 10.5 Å². The summed E-state index contributed by atoms with van der Waals surface area (Å²) < 4.78 is 26.8. The first-order valence-electron chi connectivity index (χ1n) is 4.83. The first-order chi connectivity index (χ1) is 8.47. The fourth-order valence-corrected chi connectivity index (χ4v) is 2.41. The Labute approximate surface area is 112 Å². The van der Waals surface area contributed by atoms with Crippen LogP contribution in [0.3, 0.4) is 0 Å². The van der Waals surface area contributed by atoms with Gasteiger partial charge in [0.1, 0.15) is 4.60 Å². The largest absolute Gasteiger partial charge is 0.399 e. The van der Waals surface area contributed by atoms with Crippen LogP contribution in [0.25, 0.3) is 0 Å². The fraction of sp³-hybridized carbons (Fsp3) is 0. The highest BCUT2D eigenvalue weighted by Crippen LogP contribution is 2.15. The summed E-state index contributed by atoms with van der Waals surface area (Å²) in [6.45, 7) is 0. The van der Waals surface area contributed by atoms with Gasteiger partial charge in [0.05, 0.1) is 17.3 Å². The van der Waals surface area contributed by atoms with E-state index in [1.807, 2.05) is 0 Å². The molecule has 0 aliphatic carbocycles. The van der Waals surface area contributed by atoms with E-state index < -0.39 is 10.0 Å². The number of nitrogen functional groups attached to an aromatic ring is 1. The predicted molar refractivity (Wildman–Crippen MR) is 71.4 cm³/mol. The number of hydrogen-bond donors (Lipinski definition) is 2. The Bertz CT molecular complexity index is 641. The average molecular weight is 329 g/mol. The number of nitrogens with zero attached hydrogens (tertiary/aromatic N) is 2. The highest BCUT2D eigenvalue weighted by Gasteiger charge is 2.14. The van der Waals surface area contributed by atoms with Gasteiger partial charge in [-0.25, -0.2) is 18.4 Å². The van der Waals surface area contributed by atoms with Crippen LogP contribution >= 0.6 is 15.9 Å². The number of nitrogens with two attached hydrogens (primary N) is 1. The van der Waals surface area contributed by atoms with Crippen molar-refractivity contribution in [3.63, 3.8) is 0 Å². The summed E-state index contributed by atoms with van der Waals surface area (Å²) in [4.78, 5) is 7.87. The Morgan fingerprint density at radius 3 is 2.33 bits per heavy atom. The maximum atomic E-state index is 12.0. The summed E-state index contributed by atoms with van der Waals surface area (Å²) in [6.07, 6.45) is 2.72. The SMILES string of the molecule is Nc1ccc(S(=O)(=O)Nc2cnc(Br)cn2)cc1. The van der Waals surface area contributed by atoms with E-state index >= 15 is 0 Å². The number of hydrogen-bond acceptors (Lipinski definition) is 5. The highest BCUT2D eigenvalue weighted by molar-refractivity contribution is 9.10. The van der Waals surface area contributed by atoms with E-state index in [0.717, 1.165) is 0 Å². The lowest BCUT2D eigenvalue weighted by atomic mass is 10.3. The second kappa shape index (κ2) is 4.91. The molecule has 0 amide bonds. The monoisotopic (exact) mass is 328 g/mol. The number of benzene rings is 1. The third-order valence-corrected chi connectivity index (χ3v) is 3.83. The molecular weight excluding hydrogens is 320 g/mol. The minimum absolute atomic E-state index is 0.112. The molecule has 0 fully saturated rings. The van der Waals surface area contributed by atoms with Crippen molar-refractivity contribution < 1.29 is 8.42 Å². The summed E-state index contributed by atoms with van der Waals surface area (Å²) in [5, 5.41) is 0. The van der Waals surface area contributed by atoms with Crippen LogP contribution in [0.15, 0.2) is 46.2 Å². The van der Waals surface area contributed by atoms with E-state index in [1.165, 1.54) is 36.7 Å².